The highest BCUT2D eigenvalue weighted by Crippen LogP contribution is 2.60. The van der Waals surface area contributed by atoms with E-state index >= 15 is 0 Å². The van der Waals surface area contributed by atoms with Gasteiger partial charge in [-0.05, 0) is 125 Å². The van der Waals surface area contributed by atoms with Gasteiger partial charge < -0.3 is 0 Å². The Morgan fingerprint density at radius 2 is 0.982 bits per heavy atom. The fourth-order valence-electron chi connectivity index (χ4n) is 11.1. The molecule has 6 aromatic carbocycles. The maximum Gasteiger partial charge on any atom is 0.164 e. The third kappa shape index (κ3) is 5.60. The van der Waals surface area contributed by atoms with Gasteiger partial charge in [0, 0.05) is 16.7 Å². The van der Waals surface area contributed by atoms with E-state index in [1.807, 2.05) is 54.6 Å². The van der Waals surface area contributed by atoms with Crippen molar-refractivity contribution in [3.05, 3.63) is 185 Å². The normalized spacial score (nSPS) is 21.8. The van der Waals surface area contributed by atoms with Crippen LogP contribution in [0.4, 0.5) is 0 Å². The summed E-state index contributed by atoms with van der Waals surface area (Å²) in [6, 6.07) is 56.4. The van der Waals surface area contributed by atoms with Crippen LogP contribution in [0.1, 0.15) is 79.3 Å². The molecule has 0 N–H and O–H groups in total. The van der Waals surface area contributed by atoms with Gasteiger partial charge in [0.1, 0.15) is 0 Å². The zero-order valence-electron chi connectivity index (χ0n) is 32.0. The fraction of sp³-hybridized carbons (Fsp3) is 0.231. The Morgan fingerprint density at radius 3 is 1.55 bits per heavy atom. The Morgan fingerprint density at radius 1 is 0.500 bits per heavy atom. The highest BCUT2D eigenvalue weighted by Gasteiger charge is 2.49. The lowest BCUT2D eigenvalue weighted by Crippen LogP contribution is -2.42. The average molecular weight is 725 g/mol. The Kier molecular flexibility index (Phi) is 8.29. The van der Waals surface area contributed by atoms with Crippen molar-refractivity contribution in [3.63, 3.8) is 0 Å². The molecule has 4 nitrogen and oxygen atoms in total. The number of hydrogen-bond acceptors (Lipinski definition) is 4. The number of aromatic nitrogens is 3. The summed E-state index contributed by atoms with van der Waals surface area (Å²) in [4.78, 5) is 15.3. The first kappa shape index (κ1) is 34.3. The Bertz CT molecular complexity index is 2550. The van der Waals surface area contributed by atoms with Crippen LogP contribution in [0.5, 0.6) is 0 Å². The van der Waals surface area contributed by atoms with Crippen LogP contribution in [0.25, 0.3) is 45.3 Å². The molecule has 10 rings (SSSR count). The van der Waals surface area contributed by atoms with Crippen molar-refractivity contribution < 1.29 is 0 Å². The molecule has 2 unspecified atom stereocenters. The van der Waals surface area contributed by atoms with E-state index in [-0.39, 0.29) is 5.41 Å². The van der Waals surface area contributed by atoms with Gasteiger partial charge >= 0.3 is 0 Å². The van der Waals surface area contributed by atoms with Crippen LogP contribution in [0.3, 0.4) is 0 Å². The Labute approximate surface area is 330 Å². The monoisotopic (exact) mass is 724 g/mol. The molecule has 0 radical (unpaired) electrons. The number of nitriles is 1. The summed E-state index contributed by atoms with van der Waals surface area (Å²) in [5, 5.41) is 9.48. The minimum atomic E-state index is -0.555. The summed E-state index contributed by atoms with van der Waals surface area (Å²) in [5.74, 6) is 4.07. The maximum atomic E-state index is 9.48. The van der Waals surface area contributed by atoms with Gasteiger partial charge in [-0.1, -0.05) is 135 Å². The SMILES string of the molecule is C[C@@H]1CC2C[C@H](C)CC(c3ccc4c(c3)C(c3ccccc3)(c3ccccc3)c3cc(-c5nc(-c6ccccc6)nc(-c6ccc(C#N)cc6)n5)ccc3-4)(C2)C1. The van der Waals surface area contributed by atoms with Crippen molar-refractivity contribution in [1.82, 2.24) is 15.0 Å². The quantitative estimate of drug-likeness (QED) is 0.171. The molecule has 3 aliphatic rings. The molecule has 4 heteroatoms. The Balaban J connectivity index is 1.21. The Hall–Kier alpha value is -6.18. The van der Waals surface area contributed by atoms with E-state index in [1.165, 1.54) is 71.0 Å². The summed E-state index contributed by atoms with van der Waals surface area (Å²) in [6.07, 6.45) is 6.54. The van der Waals surface area contributed by atoms with Gasteiger partial charge in [-0.15, -0.1) is 0 Å². The van der Waals surface area contributed by atoms with Gasteiger partial charge in [-0.3, -0.25) is 0 Å². The predicted octanol–water partition coefficient (Wildman–Crippen LogP) is 12.2. The zero-order valence-corrected chi connectivity index (χ0v) is 32.0. The number of rotatable bonds is 6. The highest BCUT2D eigenvalue weighted by atomic mass is 15.0. The molecule has 7 aromatic rings. The number of nitrogens with zero attached hydrogens (tertiary/aromatic N) is 4. The molecule has 3 aliphatic carbocycles. The van der Waals surface area contributed by atoms with Crippen molar-refractivity contribution in [2.24, 2.45) is 17.8 Å². The average Bonchev–Trinajstić information content (AvgIpc) is 3.54. The van der Waals surface area contributed by atoms with Gasteiger partial charge in [0.05, 0.1) is 17.0 Å². The summed E-state index contributed by atoms with van der Waals surface area (Å²) < 4.78 is 0. The van der Waals surface area contributed by atoms with Crippen LogP contribution in [0, 0.1) is 29.1 Å². The molecule has 1 heterocycles. The van der Waals surface area contributed by atoms with Crippen molar-refractivity contribution >= 4 is 0 Å². The third-order valence-electron chi connectivity index (χ3n) is 13.0. The van der Waals surface area contributed by atoms with E-state index in [2.05, 4.69) is 117 Å². The molecule has 56 heavy (non-hydrogen) atoms. The second-order valence-electron chi connectivity index (χ2n) is 16.8. The molecule has 2 bridgehead atoms. The molecular weight excluding hydrogens is 681 g/mol. The molecule has 1 aromatic heterocycles. The molecule has 2 fully saturated rings. The summed E-state index contributed by atoms with van der Waals surface area (Å²) in [7, 11) is 0. The lowest BCUT2D eigenvalue weighted by atomic mass is 9.54. The lowest BCUT2D eigenvalue weighted by Gasteiger charge is -2.50. The second kappa shape index (κ2) is 13.5. The fourth-order valence-corrected chi connectivity index (χ4v) is 11.1. The summed E-state index contributed by atoms with van der Waals surface area (Å²) >= 11 is 0. The van der Waals surface area contributed by atoms with Crippen LogP contribution in [0.2, 0.25) is 0 Å². The standard InChI is InChI=1S/C52H44N4/c1-34-26-37-27-35(2)31-51(30-34,32-37)43-23-25-45-44-24-22-40(28-46(44)52(47(45)29-43,41-14-8-4-9-15-41)42-16-10-5-11-17-42)50-55-48(38-12-6-3-7-13-38)54-49(56-50)39-20-18-36(33-53)19-21-39/h3-25,28-29,34-35,37H,26-27,30-32H2,1-2H3/t34-,35+,37?,51?. The molecule has 4 atom stereocenters. The van der Waals surface area contributed by atoms with Crippen LogP contribution in [-0.2, 0) is 10.8 Å². The van der Waals surface area contributed by atoms with Crippen molar-refractivity contribution in [1.29, 1.82) is 5.26 Å². The topological polar surface area (TPSA) is 62.5 Å². The zero-order chi connectivity index (χ0) is 37.9. The second-order valence-corrected chi connectivity index (χ2v) is 16.8. The first-order chi connectivity index (χ1) is 27.4. The van der Waals surface area contributed by atoms with Crippen LogP contribution >= 0.6 is 0 Å². The molecule has 0 spiro atoms. The van der Waals surface area contributed by atoms with Gasteiger partial charge in [-0.2, -0.15) is 5.26 Å². The number of hydrogen-bond donors (Lipinski definition) is 0. The van der Waals surface area contributed by atoms with Gasteiger partial charge in [-0.25, -0.2) is 15.0 Å². The van der Waals surface area contributed by atoms with Gasteiger partial charge in [0.15, 0.2) is 17.5 Å². The minimum Gasteiger partial charge on any atom is -0.208 e. The van der Waals surface area contributed by atoms with Crippen molar-refractivity contribution in [2.45, 2.75) is 56.8 Å². The number of fused-ring (bicyclic) bond motifs is 5. The molecule has 2 saturated carbocycles. The van der Waals surface area contributed by atoms with Crippen molar-refractivity contribution in [2.75, 3.05) is 0 Å². The van der Waals surface area contributed by atoms with Crippen molar-refractivity contribution in [3.8, 4) is 51.4 Å². The van der Waals surface area contributed by atoms with E-state index in [4.69, 9.17) is 15.0 Å². The molecule has 0 amide bonds. The van der Waals surface area contributed by atoms with Crippen LogP contribution in [0.15, 0.2) is 152 Å². The van der Waals surface area contributed by atoms with E-state index in [0.29, 0.717) is 23.0 Å². The predicted molar refractivity (Wildman–Crippen MR) is 225 cm³/mol. The summed E-state index contributed by atoms with van der Waals surface area (Å²) in [5.41, 5.74) is 12.1. The molecule has 272 valence electrons. The van der Waals surface area contributed by atoms with Crippen LogP contribution < -0.4 is 0 Å². The highest BCUT2D eigenvalue weighted by molar-refractivity contribution is 5.88. The van der Waals surface area contributed by atoms with Gasteiger partial charge in [0.2, 0.25) is 0 Å². The maximum absolute atomic E-state index is 9.48. The largest absolute Gasteiger partial charge is 0.208 e. The van der Waals surface area contributed by atoms with E-state index in [1.54, 1.807) is 0 Å². The first-order valence-electron chi connectivity index (χ1n) is 20.2. The third-order valence-corrected chi connectivity index (χ3v) is 13.0. The number of benzene rings is 6. The lowest BCUT2D eigenvalue weighted by molar-refractivity contribution is 0.0780. The first-order valence-corrected chi connectivity index (χ1v) is 20.2. The summed E-state index contributed by atoms with van der Waals surface area (Å²) in [6.45, 7) is 4.97. The minimum absolute atomic E-state index is 0.203. The van der Waals surface area contributed by atoms with E-state index in [0.717, 1.165) is 34.4 Å². The smallest absolute Gasteiger partial charge is 0.164 e. The molecule has 0 saturated heterocycles. The van der Waals surface area contributed by atoms with E-state index in [9.17, 15) is 5.26 Å². The molecular formula is C52H44N4. The van der Waals surface area contributed by atoms with E-state index < -0.39 is 5.41 Å². The molecule has 0 aliphatic heterocycles. The van der Waals surface area contributed by atoms with Gasteiger partial charge in [0.25, 0.3) is 0 Å². The van der Waals surface area contributed by atoms with Crippen LogP contribution in [-0.4, -0.2) is 15.0 Å².